The molecule has 0 spiro atoms. The quantitative estimate of drug-likeness (QED) is 0.824. The van der Waals surface area contributed by atoms with E-state index in [-0.39, 0.29) is 12.5 Å². The van der Waals surface area contributed by atoms with E-state index in [0.717, 1.165) is 31.8 Å². The highest BCUT2D eigenvalue weighted by molar-refractivity contribution is 5.77. The number of nitrogens with one attached hydrogen (secondary N) is 1. The van der Waals surface area contributed by atoms with Crippen LogP contribution in [0, 0.1) is 5.92 Å². The maximum absolute atomic E-state index is 11.7. The summed E-state index contributed by atoms with van der Waals surface area (Å²) in [4.78, 5) is 13.6. The Morgan fingerprint density at radius 1 is 1.22 bits per heavy atom. The van der Waals surface area contributed by atoms with E-state index >= 15 is 0 Å². The van der Waals surface area contributed by atoms with Gasteiger partial charge in [-0.15, -0.1) is 0 Å². The van der Waals surface area contributed by atoms with Gasteiger partial charge in [0.2, 0.25) is 5.91 Å². The molecule has 1 aliphatic heterocycles. The maximum Gasteiger partial charge on any atom is 0.248 e. The van der Waals surface area contributed by atoms with Crippen molar-refractivity contribution in [3.8, 4) is 0 Å². The Labute approximate surface area is 110 Å². The summed E-state index contributed by atoms with van der Waals surface area (Å²) in [5, 5.41) is 3.77. The molecular weight excluding hydrogens is 228 g/mol. The summed E-state index contributed by atoms with van der Waals surface area (Å²) >= 11 is 0. The van der Waals surface area contributed by atoms with Crippen LogP contribution >= 0.6 is 0 Å². The highest BCUT2D eigenvalue weighted by Gasteiger charge is 2.27. The average Bonchev–Trinajstić information content (AvgIpc) is 2.76. The van der Waals surface area contributed by atoms with Crippen molar-refractivity contribution in [1.82, 2.24) is 10.2 Å². The van der Waals surface area contributed by atoms with E-state index in [1.165, 1.54) is 19.3 Å². The molecule has 1 aliphatic carbocycles. The Balaban J connectivity index is 1.68. The van der Waals surface area contributed by atoms with Gasteiger partial charge >= 0.3 is 0 Å². The molecule has 104 valence electrons. The zero-order chi connectivity index (χ0) is 13.0. The van der Waals surface area contributed by atoms with Crippen LogP contribution in [0.15, 0.2) is 0 Å². The van der Waals surface area contributed by atoms with Crippen molar-refractivity contribution >= 4 is 5.91 Å². The van der Waals surface area contributed by atoms with Crippen LogP contribution in [-0.2, 0) is 9.53 Å². The first-order chi connectivity index (χ1) is 8.69. The average molecular weight is 254 g/mol. The van der Waals surface area contributed by atoms with Gasteiger partial charge in [-0.2, -0.15) is 0 Å². The summed E-state index contributed by atoms with van der Waals surface area (Å²) in [6.07, 6.45) is 6.18. The van der Waals surface area contributed by atoms with Gasteiger partial charge in [0.25, 0.3) is 0 Å². The standard InChI is InChI=1S/C14H26N2O2/c1-11-3-4-13(9-11)15-12-5-7-16(8-6-12)14(17)10-18-2/h11-13,15H,3-10H2,1-2H3. The van der Waals surface area contributed by atoms with Crippen molar-refractivity contribution in [1.29, 1.82) is 0 Å². The third-order valence-electron chi connectivity index (χ3n) is 4.28. The summed E-state index contributed by atoms with van der Waals surface area (Å²) in [7, 11) is 1.58. The van der Waals surface area contributed by atoms with Crippen LogP contribution in [0.4, 0.5) is 0 Å². The van der Waals surface area contributed by atoms with E-state index < -0.39 is 0 Å². The first kappa shape index (κ1) is 13.8. The summed E-state index contributed by atoms with van der Waals surface area (Å²) in [5.74, 6) is 1.01. The van der Waals surface area contributed by atoms with Crippen molar-refractivity contribution in [3.05, 3.63) is 0 Å². The number of hydrogen-bond donors (Lipinski definition) is 1. The topological polar surface area (TPSA) is 41.6 Å². The predicted molar refractivity (Wildman–Crippen MR) is 71.4 cm³/mol. The van der Waals surface area contributed by atoms with E-state index in [9.17, 15) is 4.79 Å². The molecule has 2 atom stereocenters. The van der Waals surface area contributed by atoms with Gasteiger partial charge in [0, 0.05) is 32.3 Å². The first-order valence-electron chi connectivity index (χ1n) is 7.21. The zero-order valence-electron chi connectivity index (χ0n) is 11.7. The van der Waals surface area contributed by atoms with E-state index in [1.807, 2.05) is 4.90 Å². The zero-order valence-corrected chi connectivity index (χ0v) is 11.7. The fourth-order valence-corrected chi connectivity index (χ4v) is 3.20. The lowest BCUT2D eigenvalue weighted by molar-refractivity contribution is -0.136. The van der Waals surface area contributed by atoms with E-state index in [2.05, 4.69) is 12.2 Å². The second-order valence-corrected chi connectivity index (χ2v) is 5.87. The van der Waals surface area contributed by atoms with Gasteiger partial charge in [0.05, 0.1) is 0 Å². The first-order valence-corrected chi connectivity index (χ1v) is 7.21. The molecule has 4 nitrogen and oxygen atoms in total. The second-order valence-electron chi connectivity index (χ2n) is 5.87. The lowest BCUT2D eigenvalue weighted by Gasteiger charge is -2.34. The molecule has 2 fully saturated rings. The monoisotopic (exact) mass is 254 g/mol. The molecule has 0 aromatic carbocycles. The summed E-state index contributed by atoms with van der Waals surface area (Å²) in [6, 6.07) is 1.32. The number of nitrogens with zero attached hydrogens (tertiary/aromatic N) is 1. The molecule has 1 amide bonds. The number of amides is 1. The second kappa shape index (κ2) is 6.53. The minimum atomic E-state index is 0.130. The molecule has 1 saturated heterocycles. The van der Waals surface area contributed by atoms with Crippen LogP contribution in [-0.4, -0.2) is 49.7 Å². The van der Waals surface area contributed by atoms with Crippen molar-refractivity contribution in [3.63, 3.8) is 0 Å². The largest absolute Gasteiger partial charge is 0.375 e. The predicted octanol–water partition coefficient (Wildman–Crippen LogP) is 1.40. The number of carbonyl (C=O) groups excluding carboxylic acids is 1. The normalized spacial score (nSPS) is 29.8. The molecule has 2 aliphatic rings. The number of hydrogen-bond acceptors (Lipinski definition) is 3. The molecule has 1 saturated carbocycles. The molecular formula is C14H26N2O2. The minimum absolute atomic E-state index is 0.130. The SMILES string of the molecule is COCC(=O)N1CCC(NC2CCC(C)C2)CC1. The molecule has 0 bridgehead atoms. The Morgan fingerprint density at radius 3 is 2.50 bits per heavy atom. The molecule has 0 aromatic rings. The number of piperidine rings is 1. The van der Waals surface area contributed by atoms with Gasteiger partial charge in [0.1, 0.15) is 6.61 Å². The smallest absolute Gasteiger partial charge is 0.248 e. The third kappa shape index (κ3) is 3.69. The fraction of sp³-hybridized carbons (Fsp3) is 0.929. The van der Waals surface area contributed by atoms with Gasteiger partial charge in [-0.3, -0.25) is 4.79 Å². The van der Waals surface area contributed by atoms with Crippen molar-refractivity contribution in [2.24, 2.45) is 5.92 Å². The molecule has 18 heavy (non-hydrogen) atoms. The fourth-order valence-electron chi connectivity index (χ4n) is 3.20. The van der Waals surface area contributed by atoms with Crippen LogP contribution in [0.25, 0.3) is 0 Å². The Bertz CT molecular complexity index is 275. The molecule has 0 aromatic heterocycles. The molecule has 4 heteroatoms. The highest BCUT2D eigenvalue weighted by atomic mass is 16.5. The number of methoxy groups -OCH3 is 1. The van der Waals surface area contributed by atoms with Crippen molar-refractivity contribution in [2.75, 3.05) is 26.8 Å². The van der Waals surface area contributed by atoms with E-state index in [1.54, 1.807) is 7.11 Å². The number of rotatable bonds is 4. The van der Waals surface area contributed by atoms with Crippen LogP contribution in [0.1, 0.15) is 39.0 Å². The third-order valence-corrected chi connectivity index (χ3v) is 4.28. The van der Waals surface area contributed by atoms with Gasteiger partial charge in [-0.1, -0.05) is 6.92 Å². The number of carbonyl (C=O) groups is 1. The Hall–Kier alpha value is -0.610. The van der Waals surface area contributed by atoms with Crippen LogP contribution in [0.5, 0.6) is 0 Å². The van der Waals surface area contributed by atoms with Gasteiger partial charge < -0.3 is 15.0 Å². The van der Waals surface area contributed by atoms with E-state index in [0.29, 0.717) is 12.1 Å². The molecule has 2 unspecified atom stereocenters. The van der Waals surface area contributed by atoms with Gasteiger partial charge in [-0.05, 0) is 38.0 Å². The molecule has 0 radical (unpaired) electrons. The Kier molecular flexibility index (Phi) is 5.01. The van der Waals surface area contributed by atoms with Crippen LogP contribution < -0.4 is 5.32 Å². The van der Waals surface area contributed by atoms with E-state index in [4.69, 9.17) is 4.74 Å². The summed E-state index contributed by atoms with van der Waals surface area (Å²) < 4.78 is 4.90. The minimum Gasteiger partial charge on any atom is -0.375 e. The van der Waals surface area contributed by atoms with Gasteiger partial charge in [0.15, 0.2) is 0 Å². The lowest BCUT2D eigenvalue weighted by Crippen LogP contribution is -2.48. The van der Waals surface area contributed by atoms with Crippen LogP contribution in [0.2, 0.25) is 0 Å². The summed E-state index contributed by atoms with van der Waals surface area (Å²) in [5.41, 5.74) is 0. The van der Waals surface area contributed by atoms with Crippen LogP contribution in [0.3, 0.4) is 0 Å². The van der Waals surface area contributed by atoms with Crippen molar-refractivity contribution in [2.45, 2.75) is 51.1 Å². The Morgan fingerprint density at radius 2 is 1.94 bits per heavy atom. The summed E-state index contributed by atoms with van der Waals surface area (Å²) in [6.45, 7) is 4.32. The molecule has 1 N–H and O–H groups in total. The highest BCUT2D eigenvalue weighted by Crippen LogP contribution is 2.26. The molecule has 2 rings (SSSR count). The lowest BCUT2D eigenvalue weighted by atomic mass is 10.0. The van der Waals surface area contributed by atoms with Gasteiger partial charge in [-0.25, -0.2) is 0 Å². The van der Waals surface area contributed by atoms with Crippen molar-refractivity contribution < 1.29 is 9.53 Å². The maximum atomic E-state index is 11.7. The number of ether oxygens (including phenoxy) is 1. The number of likely N-dealkylation sites (tertiary alicyclic amines) is 1. The molecule has 1 heterocycles.